The van der Waals surface area contributed by atoms with Crippen molar-refractivity contribution in [3.8, 4) is 0 Å². The number of H-pyrrole nitrogens is 1. The van der Waals surface area contributed by atoms with Gasteiger partial charge in [-0.3, -0.25) is 4.79 Å². The zero-order valence-corrected chi connectivity index (χ0v) is 18.3. The molecule has 1 aromatic rings. The summed E-state index contributed by atoms with van der Waals surface area (Å²) in [6, 6.07) is -0.384. The largest absolute Gasteiger partial charge is 0.459 e. The van der Waals surface area contributed by atoms with Crippen molar-refractivity contribution in [1.29, 1.82) is 0 Å². The minimum absolute atomic E-state index is 0.0353. The molecule has 8 nitrogen and oxygen atoms in total. The standard InChI is InChI=1S/C20H30N2O6S/c1-12(2)28-20(24)17-13(3)18(21-14(17)4)19(23)22(10-16-6-5-8-27-16)15-7-9-29(25,26)11-15/h12,15-16,21H,5-11H2,1-4H3/t15-,16+/m1/s1. The summed E-state index contributed by atoms with van der Waals surface area (Å²) < 4.78 is 35.0. The first-order valence-electron chi connectivity index (χ1n) is 10.1. The van der Waals surface area contributed by atoms with Gasteiger partial charge in [0.15, 0.2) is 9.84 Å². The van der Waals surface area contributed by atoms with Gasteiger partial charge in [-0.2, -0.15) is 0 Å². The number of amides is 1. The molecule has 2 fully saturated rings. The number of ether oxygens (including phenoxy) is 2. The highest BCUT2D eigenvalue weighted by Gasteiger charge is 2.38. The molecule has 162 valence electrons. The molecule has 0 saturated carbocycles. The van der Waals surface area contributed by atoms with Gasteiger partial charge in [0, 0.05) is 24.9 Å². The molecule has 2 aliphatic rings. The van der Waals surface area contributed by atoms with Crippen molar-refractivity contribution < 1.29 is 27.5 Å². The first kappa shape index (κ1) is 21.8. The summed E-state index contributed by atoms with van der Waals surface area (Å²) >= 11 is 0. The molecule has 1 amide bonds. The fraction of sp³-hybridized carbons (Fsp3) is 0.700. The van der Waals surface area contributed by atoms with Crippen LogP contribution < -0.4 is 0 Å². The van der Waals surface area contributed by atoms with Crippen LogP contribution >= 0.6 is 0 Å². The Morgan fingerprint density at radius 1 is 1.28 bits per heavy atom. The number of aromatic nitrogens is 1. The summed E-state index contributed by atoms with van der Waals surface area (Å²) in [6.07, 6.45) is 1.83. The molecule has 2 saturated heterocycles. The van der Waals surface area contributed by atoms with E-state index in [1.165, 1.54) is 0 Å². The highest BCUT2D eigenvalue weighted by molar-refractivity contribution is 7.91. The topological polar surface area (TPSA) is 106 Å². The maximum absolute atomic E-state index is 13.5. The molecule has 29 heavy (non-hydrogen) atoms. The number of aryl methyl sites for hydroxylation is 1. The van der Waals surface area contributed by atoms with Crippen molar-refractivity contribution in [3.05, 3.63) is 22.5 Å². The Morgan fingerprint density at radius 2 is 2.00 bits per heavy atom. The molecule has 0 aromatic carbocycles. The van der Waals surface area contributed by atoms with Crippen LogP contribution in [0, 0.1) is 13.8 Å². The average molecular weight is 427 g/mol. The Hall–Kier alpha value is -1.87. The van der Waals surface area contributed by atoms with Gasteiger partial charge in [-0.15, -0.1) is 0 Å². The number of esters is 1. The lowest BCUT2D eigenvalue weighted by atomic mass is 10.1. The molecule has 2 atom stereocenters. The summed E-state index contributed by atoms with van der Waals surface area (Å²) in [5.41, 5.74) is 1.75. The van der Waals surface area contributed by atoms with E-state index in [4.69, 9.17) is 9.47 Å². The number of nitrogens with zero attached hydrogens (tertiary/aromatic N) is 1. The quantitative estimate of drug-likeness (QED) is 0.698. The molecule has 0 bridgehead atoms. The van der Waals surface area contributed by atoms with Crippen LogP contribution in [-0.4, -0.2) is 73.1 Å². The first-order chi connectivity index (χ1) is 13.6. The first-order valence-corrected chi connectivity index (χ1v) is 11.9. The number of hydrogen-bond donors (Lipinski definition) is 1. The normalized spacial score (nSPS) is 23.5. The zero-order chi connectivity index (χ0) is 21.3. The highest BCUT2D eigenvalue weighted by Crippen LogP contribution is 2.26. The average Bonchev–Trinajstić information content (AvgIpc) is 3.31. The molecular formula is C20H30N2O6S. The monoisotopic (exact) mass is 426 g/mol. The molecule has 3 rings (SSSR count). The van der Waals surface area contributed by atoms with Crippen LogP contribution in [0.3, 0.4) is 0 Å². The predicted octanol–water partition coefficient (Wildman–Crippen LogP) is 2.01. The van der Waals surface area contributed by atoms with Crippen molar-refractivity contribution in [2.24, 2.45) is 0 Å². The van der Waals surface area contributed by atoms with Crippen molar-refractivity contribution in [2.75, 3.05) is 24.7 Å². The number of carbonyl (C=O) groups is 2. The van der Waals surface area contributed by atoms with Crippen LogP contribution in [0.2, 0.25) is 0 Å². The second-order valence-electron chi connectivity index (χ2n) is 8.23. The van der Waals surface area contributed by atoms with Crippen molar-refractivity contribution in [2.45, 2.75) is 65.2 Å². The second kappa shape index (κ2) is 8.47. The molecule has 9 heteroatoms. The van der Waals surface area contributed by atoms with E-state index in [2.05, 4.69) is 4.98 Å². The van der Waals surface area contributed by atoms with E-state index in [0.717, 1.165) is 12.8 Å². The molecule has 0 spiro atoms. The lowest BCUT2D eigenvalue weighted by Crippen LogP contribution is -2.45. The number of aromatic amines is 1. The molecule has 0 radical (unpaired) electrons. The summed E-state index contributed by atoms with van der Waals surface area (Å²) in [5.74, 6) is -0.722. The molecule has 0 aliphatic carbocycles. The van der Waals surface area contributed by atoms with Gasteiger partial charge in [-0.1, -0.05) is 0 Å². The lowest BCUT2D eigenvalue weighted by molar-refractivity contribution is 0.0376. The molecule has 2 aliphatic heterocycles. The predicted molar refractivity (Wildman–Crippen MR) is 108 cm³/mol. The number of carbonyl (C=O) groups excluding carboxylic acids is 2. The lowest BCUT2D eigenvalue weighted by Gasteiger charge is -2.30. The van der Waals surface area contributed by atoms with Crippen LogP contribution in [0.4, 0.5) is 0 Å². The van der Waals surface area contributed by atoms with E-state index in [-0.39, 0.29) is 35.7 Å². The van der Waals surface area contributed by atoms with Crippen molar-refractivity contribution in [3.63, 3.8) is 0 Å². The summed E-state index contributed by atoms with van der Waals surface area (Å²) in [4.78, 5) is 30.6. The number of sulfone groups is 1. The molecule has 0 unspecified atom stereocenters. The fourth-order valence-electron chi connectivity index (χ4n) is 4.11. The Morgan fingerprint density at radius 3 is 2.55 bits per heavy atom. The second-order valence-corrected chi connectivity index (χ2v) is 10.5. The summed E-state index contributed by atoms with van der Waals surface area (Å²) in [5, 5.41) is 0. The van der Waals surface area contributed by atoms with Gasteiger partial charge >= 0.3 is 5.97 Å². The highest BCUT2D eigenvalue weighted by atomic mass is 32.2. The Labute approximate surface area is 171 Å². The fourth-order valence-corrected chi connectivity index (χ4v) is 5.84. The molecule has 3 heterocycles. The zero-order valence-electron chi connectivity index (χ0n) is 17.5. The van der Waals surface area contributed by atoms with Crippen LogP contribution in [0.25, 0.3) is 0 Å². The minimum atomic E-state index is -3.15. The van der Waals surface area contributed by atoms with Crippen molar-refractivity contribution in [1.82, 2.24) is 9.88 Å². The number of rotatable bonds is 6. The molecule has 1 aromatic heterocycles. The van der Waals surface area contributed by atoms with Crippen molar-refractivity contribution >= 4 is 21.7 Å². The van der Waals surface area contributed by atoms with Gasteiger partial charge < -0.3 is 19.4 Å². The third kappa shape index (κ3) is 4.83. The maximum Gasteiger partial charge on any atom is 0.340 e. The minimum Gasteiger partial charge on any atom is -0.459 e. The van der Waals surface area contributed by atoms with Crippen LogP contribution in [0.1, 0.15) is 65.2 Å². The third-order valence-electron chi connectivity index (χ3n) is 5.53. The van der Waals surface area contributed by atoms with Gasteiger partial charge in [0.2, 0.25) is 0 Å². The molecular weight excluding hydrogens is 396 g/mol. The summed E-state index contributed by atoms with van der Waals surface area (Å²) in [7, 11) is -3.15. The van der Waals surface area contributed by atoms with Gasteiger partial charge in [0.05, 0.1) is 29.3 Å². The Balaban J connectivity index is 1.90. The van der Waals surface area contributed by atoms with Gasteiger partial charge in [-0.25, -0.2) is 13.2 Å². The van der Waals surface area contributed by atoms with E-state index in [0.29, 0.717) is 42.1 Å². The smallest absolute Gasteiger partial charge is 0.340 e. The molecule has 1 N–H and O–H groups in total. The van der Waals surface area contributed by atoms with E-state index in [1.807, 2.05) is 0 Å². The van der Waals surface area contributed by atoms with E-state index >= 15 is 0 Å². The number of nitrogens with one attached hydrogen (secondary N) is 1. The van der Waals surface area contributed by atoms with Crippen LogP contribution in [0.5, 0.6) is 0 Å². The Kier molecular flexibility index (Phi) is 6.38. The third-order valence-corrected chi connectivity index (χ3v) is 7.28. The maximum atomic E-state index is 13.5. The van der Waals surface area contributed by atoms with Gasteiger partial charge in [0.25, 0.3) is 5.91 Å². The summed E-state index contributed by atoms with van der Waals surface area (Å²) in [6.45, 7) is 7.98. The van der Waals surface area contributed by atoms with E-state index in [9.17, 15) is 18.0 Å². The SMILES string of the molecule is Cc1[nH]c(C(=O)N(C[C@@H]2CCCO2)[C@@H]2CCS(=O)(=O)C2)c(C)c1C(=O)OC(C)C. The van der Waals surface area contributed by atoms with Gasteiger partial charge in [-0.05, 0) is 52.5 Å². The van der Waals surface area contributed by atoms with Crippen LogP contribution in [0.15, 0.2) is 0 Å². The van der Waals surface area contributed by atoms with E-state index < -0.39 is 15.8 Å². The van der Waals surface area contributed by atoms with E-state index in [1.54, 1.807) is 32.6 Å². The number of hydrogen-bond acceptors (Lipinski definition) is 6. The van der Waals surface area contributed by atoms with Crippen LogP contribution in [-0.2, 0) is 19.3 Å². The van der Waals surface area contributed by atoms with Gasteiger partial charge in [0.1, 0.15) is 5.69 Å². The Bertz CT molecular complexity index is 883.